The smallest absolute Gasteiger partial charge is 0.306 e. The zero-order chi connectivity index (χ0) is 46.3. The summed E-state index contributed by atoms with van der Waals surface area (Å²) in [5, 5.41) is 0. The van der Waals surface area contributed by atoms with E-state index in [4.69, 9.17) is 14.2 Å². The van der Waals surface area contributed by atoms with E-state index in [0.29, 0.717) is 26.1 Å². The molecule has 0 spiro atoms. The Morgan fingerprint density at radius 1 is 0.328 bits per heavy atom. The van der Waals surface area contributed by atoms with E-state index in [9.17, 15) is 9.59 Å². The van der Waals surface area contributed by atoms with Gasteiger partial charge in [0.05, 0.1) is 6.61 Å². The molecule has 5 nitrogen and oxygen atoms in total. The van der Waals surface area contributed by atoms with Gasteiger partial charge in [-0.05, 0) is 70.6 Å². The van der Waals surface area contributed by atoms with E-state index >= 15 is 0 Å². The van der Waals surface area contributed by atoms with E-state index in [0.717, 1.165) is 38.5 Å². The highest BCUT2D eigenvalue weighted by Gasteiger charge is 2.17. The molecule has 0 bridgehead atoms. The Hall–Kier alpha value is -1.62. The lowest BCUT2D eigenvalue weighted by atomic mass is 10.0. The summed E-state index contributed by atoms with van der Waals surface area (Å²) in [4.78, 5) is 25.5. The van der Waals surface area contributed by atoms with Crippen LogP contribution in [0.4, 0.5) is 0 Å². The summed E-state index contributed by atoms with van der Waals surface area (Å²) in [5.74, 6) is -0.381. The minimum atomic E-state index is -0.534. The molecule has 1 unspecified atom stereocenters. The molecule has 378 valence electrons. The summed E-state index contributed by atoms with van der Waals surface area (Å²) in [6.07, 6.45) is 66.2. The van der Waals surface area contributed by atoms with Crippen molar-refractivity contribution in [3.63, 3.8) is 0 Å². The van der Waals surface area contributed by atoms with E-state index < -0.39 is 6.10 Å². The predicted molar refractivity (Wildman–Crippen MR) is 279 cm³/mol. The van der Waals surface area contributed by atoms with Gasteiger partial charge in [0.25, 0.3) is 0 Å². The second kappa shape index (κ2) is 55.7. The number of unbranched alkanes of at least 4 members (excludes halogenated alkanes) is 39. The van der Waals surface area contributed by atoms with Gasteiger partial charge in [-0.15, -0.1) is 0 Å². The van der Waals surface area contributed by atoms with Gasteiger partial charge in [0.2, 0.25) is 0 Å². The van der Waals surface area contributed by atoms with Crippen molar-refractivity contribution in [1.82, 2.24) is 0 Å². The van der Waals surface area contributed by atoms with Crippen LogP contribution in [0.25, 0.3) is 0 Å². The lowest BCUT2D eigenvalue weighted by molar-refractivity contribution is -0.163. The van der Waals surface area contributed by atoms with Gasteiger partial charge in [-0.25, -0.2) is 0 Å². The van der Waals surface area contributed by atoms with Crippen LogP contribution in [0.1, 0.15) is 316 Å². The molecule has 5 heteroatoms. The van der Waals surface area contributed by atoms with Crippen LogP contribution in [-0.4, -0.2) is 37.9 Å². The predicted octanol–water partition coefficient (Wildman–Crippen LogP) is 19.6. The number of hydrogen-bond acceptors (Lipinski definition) is 5. The molecule has 0 radical (unpaired) electrons. The van der Waals surface area contributed by atoms with Crippen LogP contribution in [0.15, 0.2) is 24.3 Å². The lowest BCUT2D eigenvalue weighted by Crippen LogP contribution is -2.30. The molecule has 0 aliphatic rings. The molecule has 0 aliphatic carbocycles. The first-order valence-electron chi connectivity index (χ1n) is 28.9. The number of esters is 2. The van der Waals surface area contributed by atoms with Crippen molar-refractivity contribution in [2.75, 3.05) is 19.8 Å². The molecule has 0 aliphatic heterocycles. The van der Waals surface area contributed by atoms with Gasteiger partial charge in [0.1, 0.15) is 6.61 Å². The van der Waals surface area contributed by atoms with Crippen molar-refractivity contribution in [3.8, 4) is 0 Å². The van der Waals surface area contributed by atoms with Crippen LogP contribution < -0.4 is 0 Å². The fraction of sp³-hybridized carbons (Fsp3) is 0.898. The van der Waals surface area contributed by atoms with E-state index in [1.54, 1.807) is 0 Å². The summed E-state index contributed by atoms with van der Waals surface area (Å²) < 4.78 is 17.5. The second-order valence-electron chi connectivity index (χ2n) is 19.5. The second-order valence-corrected chi connectivity index (χ2v) is 19.5. The lowest BCUT2D eigenvalue weighted by Gasteiger charge is -2.18. The van der Waals surface area contributed by atoms with E-state index in [2.05, 4.69) is 45.1 Å². The standard InChI is InChI=1S/C59H112O5/c1-4-7-10-13-16-19-22-25-28-29-30-31-33-34-37-40-43-46-49-52-58(60)63-56-57(55-62-54-51-48-45-42-39-36-27-24-21-18-15-12-9-6-3)64-59(61)53-50-47-44-41-38-35-32-26-23-20-17-14-11-8-5-2/h21,24-25,28,57H,4-20,22-23,26-27,29-56H2,1-3H3/b24-21-,28-25-. The molecule has 0 amide bonds. The summed E-state index contributed by atoms with van der Waals surface area (Å²) in [5.41, 5.74) is 0. The molecule has 0 saturated carbocycles. The third kappa shape index (κ3) is 53.0. The number of ether oxygens (including phenoxy) is 3. The Balaban J connectivity index is 4.20. The molecule has 0 N–H and O–H groups in total. The molecule has 0 saturated heterocycles. The number of allylic oxidation sites excluding steroid dienone is 4. The molecule has 0 aromatic carbocycles. The zero-order valence-corrected chi connectivity index (χ0v) is 43.6. The first-order chi connectivity index (χ1) is 31.6. The highest BCUT2D eigenvalue weighted by atomic mass is 16.6. The van der Waals surface area contributed by atoms with E-state index in [-0.39, 0.29) is 18.5 Å². The van der Waals surface area contributed by atoms with Crippen LogP contribution in [0.3, 0.4) is 0 Å². The van der Waals surface area contributed by atoms with Crippen molar-refractivity contribution in [1.29, 1.82) is 0 Å². The maximum absolute atomic E-state index is 12.8. The topological polar surface area (TPSA) is 61.8 Å². The van der Waals surface area contributed by atoms with Crippen molar-refractivity contribution in [3.05, 3.63) is 24.3 Å². The van der Waals surface area contributed by atoms with Crippen molar-refractivity contribution >= 4 is 11.9 Å². The summed E-state index contributed by atoms with van der Waals surface area (Å²) >= 11 is 0. The Bertz CT molecular complexity index is 974. The highest BCUT2D eigenvalue weighted by molar-refractivity contribution is 5.70. The van der Waals surface area contributed by atoms with Crippen LogP contribution in [0.5, 0.6) is 0 Å². The average molecular weight is 902 g/mol. The van der Waals surface area contributed by atoms with Crippen molar-refractivity contribution in [2.45, 2.75) is 322 Å². The largest absolute Gasteiger partial charge is 0.462 e. The molecular weight excluding hydrogens is 789 g/mol. The Labute approximate surface area is 400 Å². The van der Waals surface area contributed by atoms with Gasteiger partial charge in [0, 0.05) is 19.4 Å². The number of hydrogen-bond donors (Lipinski definition) is 0. The highest BCUT2D eigenvalue weighted by Crippen LogP contribution is 2.16. The Morgan fingerprint density at radius 3 is 0.969 bits per heavy atom. The van der Waals surface area contributed by atoms with E-state index in [1.807, 2.05) is 0 Å². The summed E-state index contributed by atoms with van der Waals surface area (Å²) in [6.45, 7) is 7.86. The summed E-state index contributed by atoms with van der Waals surface area (Å²) in [7, 11) is 0. The number of carbonyl (C=O) groups excluding carboxylic acids is 2. The maximum Gasteiger partial charge on any atom is 0.306 e. The van der Waals surface area contributed by atoms with Gasteiger partial charge in [0.15, 0.2) is 6.10 Å². The molecule has 1 atom stereocenters. The monoisotopic (exact) mass is 901 g/mol. The van der Waals surface area contributed by atoms with Crippen LogP contribution in [-0.2, 0) is 23.8 Å². The van der Waals surface area contributed by atoms with E-state index in [1.165, 1.54) is 244 Å². The molecule has 0 fully saturated rings. The quantitative estimate of drug-likeness (QED) is 0.0346. The third-order valence-corrected chi connectivity index (χ3v) is 13.0. The molecule has 0 rings (SSSR count). The van der Waals surface area contributed by atoms with Crippen LogP contribution >= 0.6 is 0 Å². The average Bonchev–Trinajstić information content (AvgIpc) is 3.30. The first kappa shape index (κ1) is 62.4. The minimum absolute atomic E-state index is 0.0888. The minimum Gasteiger partial charge on any atom is -0.462 e. The molecule has 64 heavy (non-hydrogen) atoms. The third-order valence-electron chi connectivity index (χ3n) is 13.0. The van der Waals surface area contributed by atoms with Crippen LogP contribution in [0.2, 0.25) is 0 Å². The molecule has 0 heterocycles. The van der Waals surface area contributed by atoms with Gasteiger partial charge in [-0.2, -0.15) is 0 Å². The summed E-state index contributed by atoms with van der Waals surface area (Å²) in [6, 6.07) is 0. The Kier molecular flexibility index (Phi) is 54.3. The van der Waals surface area contributed by atoms with Crippen molar-refractivity contribution < 1.29 is 23.8 Å². The van der Waals surface area contributed by atoms with Gasteiger partial charge < -0.3 is 14.2 Å². The van der Waals surface area contributed by atoms with Crippen LogP contribution in [0, 0.1) is 0 Å². The number of carbonyl (C=O) groups is 2. The molecule has 0 aromatic heterocycles. The molecular formula is C59H112O5. The maximum atomic E-state index is 12.8. The van der Waals surface area contributed by atoms with Gasteiger partial charge in [-0.3, -0.25) is 9.59 Å². The van der Waals surface area contributed by atoms with Gasteiger partial charge in [-0.1, -0.05) is 257 Å². The normalized spacial score (nSPS) is 12.2. The fourth-order valence-corrected chi connectivity index (χ4v) is 8.62. The molecule has 0 aromatic rings. The number of rotatable bonds is 54. The Morgan fingerprint density at radius 2 is 0.609 bits per heavy atom. The zero-order valence-electron chi connectivity index (χ0n) is 43.6. The van der Waals surface area contributed by atoms with Crippen molar-refractivity contribution in [2.24, 2.45) is 0 Å². The first-order valence-corrected chi connectivity index (χ1v) is 28.9. The SMILES string of the molecule is CCCCCC/C=C\CCCCCCCCOCC(COC(=O)CCCCCCCCCCC/C=C\CCCCCCCC)OC(=O)CCCCCCCCCCCCCCCCC. The fourth-order valence-electron chi connectivity index (χ4n) is 8.62. The van der Waals surface area contributed by atoms with Gasteiger partial charge >= 0.3 is 11.9 Å².